The summed E-state index contributed by atoms with van der Waals surface area (Å²) in [6.45, 7) is 12.9. The second-order valence-electron chi connectivity index (χ2n) is 11.9. The van der Waals surface area contributed by atoms with Crippen LogP contribution in [0.2, 0.25) is 0 Å². The third-order valence-corrected chi connectivity index (χ3v) is 6.45. The molecule has 0 aromatic heterocycles. The van der Waals surface area contributed by atoms with Crippen LogP contribution in [0.5, 0.6) is 0 Å². The summed E-state index contributed by atoms with van der Waals surface area (Å²) in [6.07, 6.45) is 20.6. The minimum atomic E-state index is -0.622. The molecule has 0 heterocycles. The minimum absolute atomic E-state index is 0.0412. The Hall–Kier alpha value is -1.26. The molecule has 0 radical (unpaired) electrons. The summed E-state index contributed by atoms with van der Waals surface area (Å²) in [7, 11) is 1.62. The van der Waals surface area contributed by atoms with Gasteiger partial charge in [-0.3, -0.25) is 4.90 Å². The minimum Gasteiger partial charge on any atom is -0.464 e. The molecule has 35 heavy (non-hydrogen) atoms. The average Bonchev–Trinajstić information content (AvgIpc) is 2.78. The molecule has 0 bridgehead atoms. The lowest BCUT2D eigenvalue weighted by atomic mass is 9.99. The second kappa shape index (κ2) is 20.9. The smallest absolute Gasteiger partial charge is 0.410 e. The van der Waals surface area contributed by atoms with Gasteiger partial charge in [-0.25, -0.2) is 9.59 Å². The van der Waals surface area contributed by atoms with Crippen LogP contribution in [0, 0.1) is 11.3 Å². The van der Waals surface area contributed by atoms with E-state index in [9.17, 15) is 9.59 Å². The predicted molar refractivity (Wildman–Crippen MR) is 148 cm³/mol. The second-order valence-corrected chi connectivity index (χ2v) is 11.9. The van der Waals surface area contributed by atoms with Crippen LogP contribution < -0.4 is 0 Å². The van der Waals surface area contributed by atoms with Crippen LogP contribution in [0.4, 0.5) is 4.79 Å². The SMILES string of the molecule is CCCCCCCCCCCCCCCCCCOC(=O)C(C(C)C)N(C)C(=O)OCC(C)(C)C. The fraction of sp³-hybridized carbons (Fsp3) is 0.933. The van der Waals surface area contributed by atoms with Crippen LogP contribution in [0.25, 0.3) is 0 Å². The van der Waals surface area contributed by atoms with Crippen molar-refractivity contribution in [1.29, 1.82) is 0 Å². The van der Waals surface area contributed by atoms with Crippen molar-refractivity contribution >= 4 is 12.1 Å². The Bertz CT molecular complexity index is 527. The summed E-state index contributed by atoms with van der Waals surface area (Å²) >= 11 is 0. The van der Waals surface area contributed by atoms with Crippen molar-refractivity contribution in [3.63, 3.8) is 0 Å². The van der Waals surface area contributed by atoms with Crippen LogP contribution in [0.15, 0.2) is 0 Å². The molecule has 0 N–H and O–H groups in total. The van der Waals surface area contributed by atoms with Gasteiger partial charge in [0.2, 0.25) is 0 Å². The molecule has 1 amide bonds. The van der Waals surface area contributed by atoms with Gasteiger partial charge in [0.15, 0.2) is 0 Å². The molecule has 208 valence electrons. The van der Waals surface area contributed by atoms with Gasteiger partial charge in [-0.1, -0.05) is 138 Å². The number of nitrogens with zero attached hydrogens (tertiary/aromatic N) is 1. The molecule has 0 aromatic carbocycles. The summed E-state index contributed by atoms with van der Waals surface area (Å²) in [5, 5.41) is 0. The first-order chi connectivity index (χ1) is 16.6. The molecule has 0 aliphatic heterocycles. The van der Waals surface area contributed by atoms with E-state index >= 15 is 0 Å². The first kappa shape index (κ1) is 33.7. The number of hydrogen-bond acceptors (Lipinski definition) is 4. The zero-order chi connectivity index (χ0) is 26.5. The molecular weight excluding hydrogens is 438 g/mol. The maximum Gasteiger partial charge on any atom is 0.410 e. The average molecular weight is 498 g/mol. The van der Waals surface area contributed by atoms with Crippen LogP contribution >= 0.6 is 0 Å². The Labute approximate surface area is 218 Å². The molecule has 0 fully saturated rings. The highest BCUT2D eigenvalue weighted by atomic mass is 16.6. The fourth-order valence-electron chi connectivity index (χ4n) is 4.28. The van der Waals surface area contributed by atoms with Crippen molar-refractivity contribution in [3.05, 3.63) is 0 Å². The van der Waals surface area contributed by atoms with Crippen molar-refractivity contribution in [3.8, 4) is 0 Å². The van der Waals surface area contributed by atoms with E-state index in [2.05, 4.69) is 6.92 Å². The molecule has 0 spiro atoms. The number of rotatable bonds is 21. The summed E-state index contributed by atoms with van der Waals surface area (Å²) < 4.78 is 10.9. The lowest BCUT2D eigenvalue weighted by Gasteiger charge is -2.29. The number of amides is 1. The van der Waals surface area contributed by atoms with Crippen LogP contribution in [0.3, 0.4) is 0 Å². The van der Waals surface area contributed by atoms with Crippen molar-refractivity contribution in [2.75, 3.05) is 20.3 Å². The van der Waals surface area contributed by atoms with Gasteiger partial charge in [-0.2, -0.15) is 0 Å². The number of likely N-dealkylation sites (N-methyl/N-ethyl adjacent to an activating group) is 1. The number of esters is 1. The molecule has 1 atom stereocenters. The van der Waals surface area contributed by atoms with Crippen LogP contribution in [0.1, 0.15) is 144 Å². The molecule has 0 aromatic rings. The molecule has 0 aliphatic rings. The highest BCUT2D eigenvalue weighted by Gasteiger charge is 2.32. The Morgan fingerprint density at radius 3 is 1.46 bits per heavy atom. The van der Waals surface area contributed by atoms with E-state index in [1.807, 2.05) is 34.6 Å². The molecule has 5 heteroatoms. The first-order valence-corrected chi connectivity index (χ1v) is 14.7. The van der Waals surface area contributed by atoms with Gasteiger partial charge in [-0.05, 0) is 17.8 Å². The van der Waals surface area contributed by atoms with Gasteiger partial charge in [0, 0.05) is 7.05 Å². The zero-order valence-electron chi connectivity index (χ0n) is 24.5. The van der Waals surface area contributed by atoms with Gasteiger partial charge >= 0.3 is 12.1 Å². The van der Waals surface area contributed by atoms with Crippen molar-refractivity contribution in [2.45, 2.75) is 150 Å². The quantitative estimate of drug-likeness (QED) is 0.117. The standard InChI is InChI=1S/C30H59NO4/c1-8-9-10-11-12-13-14-15-16-17-18-19-20-21-22-23-24-34-28(32)27(26(2)3)31(7)29(33)35-25-30(4,5)6/h26-27H,8-25H2,1-7H3. The van der Waals surface area contributed by atoms with Crippen molar-refractivity contribution < 1.29 is 19.1 Å². The van der Waals surface area contributed by atoms with E-state index in [0.29, 0.717) is 13.2 Å². The van der Waals surface area contributed by atoms with Gasteiger partial charge < -0.3 is 9.47 Å². The molecule has 0 aliphatic carbocycles. The Balaban J connectivity index is 3.78. The highest BCUT2D eigenvalue weighted by molar-refractivity contribution is 5.81. The monoisotopic (exact) mass is 497 g/mol. The predicted octanol–water partition coefficient (Wildman–Crippen LogP) is 8.93. The molecule has 0 saturated heterocycles. The number of hydrogen-bond donors (Lipinski definition) is 0. The number of carbonyl (C=O) groups excluding carboxylic acids is 2. The first-order valence-electron chi connectivity index (χ1n) is 14.7. The Morgan fingerprint density at radius 2 is 1.09 bits per heavy atom. The van der Waals surface area contributed by atoms with Crippen LogP contribution in [-0.4, -0.2) is 43.3 Å². The third kappa shape index (κ3) is 19.6. The Morgan fingerprint density at radius 1 is 0.686 bits per heavy atom. The van der Waals surface area contributed by atoms with E-state index < -0.39 is 12.1 Å². The number of unbranched alkanes of at least 4 members (excludes halogenated alkanes) is 15. The summed E-state index contributed by atoms with van der Waals surface area (Å²) in [6, 6.07) is -0.622. The largest absolute Gasteiger partial charge is 0.464 e. The highest BCUT2D eigenvalue weighted by Crippen LogP contribution is 2.17. The van der Waals surface area contributed by atoms with Gasteiger partial charge in [0.1, 0.15) is 6.04 Å². The zero-order valence-corrected chi connectivity index (χ0v) is 24.5. The number of carbonyl (C=O) groups is 2. The van der Waals surface area contributed by atoms with E-state index in [-0.39, 0.29) is 17.3 Å². The summed E-state index contributed by atoms with van der Waals surface area (Å²) in [5.74, 6) is -0.378. The Kier molecular flexibility index (Phi) is 20.1. The summed E-state index contributed by atoms with van der Waals surface area (Å²) in [4.78, 5) is 26.4. The maximum atomic E-state index is 12.6. The maximum absolute atomic E-state index is 12.6. The van der Waals surface area contributed by atoms with Crippen molar-refractivity contribution in [2.24, 2.45) is 11.3 Å². The fourth-order valence-corrected chi connectivity index (χ4v) is 4.28. The van der Waals surface area contributed by atoms with E-state index in [0.717, 1.165) is 12.8 Å². The molecule has 5 nitrogen and oxygen atoms in total. The van der Waals surface area contributed by atoms with Crippen LogP contribution in [-0.2, 0) is 14.3 Å². The topological polar surface area (TPSA) is 55.8 Å². The molecule has 1 unspecified atom stereocenters. The lowest BCUT2D eigenvalue weighted by molar-refractivity contribution is -0.150. The normalized spacial score (nSPS) is 12.6. The summed E-state index contributed by atoms with van der Waals surface area (Å²) in [5.41, 5.74) is -0.114. The van der Waals surface area contributed by atoms with Gasteiger partial charge in [0.25, 0.3) is 0 Å². The third-order valence-electron chi connectivity index (χ3n) is 6.45. The number of ether oxygens (including phenoxy) is 2. The van der Waals surface area contributed by atoms with Gasteiger partial charge in [-0.15, -0.1) is 0 Å². The van der Waals surface area contributed by atoms with E-state index in [4.69, 9.17) is 9.47 Å². The molecule has 0 rings (SSSR count). The molecular formula is C30H59NO4. The van der Waals surface area contributed by atoms with Crippen molar-refractivity contribution in [1.82, 2.24) is 4.90 Å². The molecule has 0 saturated carbocycles. The van der Waals surface area contributed by atoms with E-state index in [1.165, 1.54) is 94.8 Å². The van der Waals surface area contributed by atoms with E-state index in [1.54, 1.807) is 7.05 Å². The van der Waals surface area contributed by atoms with Gasteiger partial charge in [0.05, 0.1) is 13.2 Å². The lowest BCUT2D eigenvalue weighted by Crippen LogP contribution is -2.47.